The van der Waals surface area contributed by atoms with Crippen LogP contribution in [0.3, 0.4) is 0 Å². The Morgan fingerprint density at radius 3 is 2.76 bits per heavy atom. The van der Waals surface area contributed by atoms with Crippen LogP contribution in [0.1, 0.15) is 17.5 Å². The largest absolute Gasteiger partial charge is 0.461 e. The highest BCUT2D eigenvalue weighted by atomic mass is 16.6. The minimum atomic E-state index is -0.475. The molecule has 0 radical (unpaired) electrons. The number of hydrogen-bond acceptors (Lipinski definition) is 4. The molecule has 0 fully saturated rings. The third kappa shape index (κ3) is 2.08. The van der Waals surface area contributed by atoms with Crippen LogP contribution in [0.15, 0.2) is 41.0 Å². The van der Waals surface area contributed by atoms with E-state index < -0.39 is 4.92 Å². The monoisotopic (exact) mass is 231 g/mol. The normalized spacial score (nSPS) is 10.2. The van der Waals surface area contributed by atoms with Gasteiger partial charge in [-0.15, -0.1) is 0 Å². The lowest BCUT2D eigenvalue weighted by atomic mass is 10.0. The first-order valence-electron chi connectivity index (χ1n) is 4.93. The summed E-state index contributed by atoms with van der Waals surface area (Å²) in [5, 5.41) is 10.7. The zero-order valence-corrected chi connectivity index (χ0v) is 9.04. The molecule has 0 saturated heterocycles. The summed E-state index contributed by atoms with van der Waals surface area (Å²) in [6, 6.07) is 7.71. The number of non-ortho nitro benzene ring substituents is 1. The number of nitrogens with zero attached hydrogens (tertiary/aromatic N) is 1. The van der Waals surface area contributed by atoms with Crippen LogP contribution >= 0.6 is 0 Å². The van der Waals surface area contributed by atoms with E-state index in [4.69, 9.17) is 4.42 Å². The predicted molar refractivity (Wildman–Crippen MR) is 60.8 cm³/mol. The fraction of sp³-hybridized carbons (Fsp3) is 0.0833. The molecule has 0 aliphatic rings. The van der Waals surface area contributed by atoms with Crippen LogP contribution in [0.4, 0.5) is 5.69 Å². The van der Waals surface area contributed by atoms with E-state index in [1.807, 2.05) is 0 Å². The van der Waals surface area contributed by atoms with Crippen molar-refractivity contribution in [3.8, 4) is 11.1 Å². The molecule has 0 atom stereocenters. The second-order valence-electron chi connectivity index (χ2n) is 3.53. The zero-order chi connectivity index (χ0) is 12.4. The first-order chi connectivity index (χ1) is 8.09. The minimum Gasteiger partial charge on any atom is -0.461 e. The van der Waals surface area contributed by atoms with Gasteiger partial charge in [0, 0.05) is 24.6 Å². The Morgan fingerprint density at radius 2 is 2.12 bits per heavy atom. The Morgan fingerprint density at radius 1 is 1.35 bits per heavy atom. The summed E-state index contributed by atoms with van der Waals surface area (Å²) in [6.45, 7) is 1.39. The van der Waals surface area contributed by atoms with Crippen molar-refractivity contribution in [2.24, 2.45) is 0 Å². The summed E-state index contributed by atoms with van der Waals surface area (Å²) in [6.07, 6.45) is 1.39. The third-order valence-corrected chi connectivity index (χ3v) is 2.35. The van der Waals surface area contributed by atoms with Crippen molar-refractivity contribution < 1.29 is 14.1 Å². The van der Waals surface area contributed by atoms with Crippen LogP contribution in [0.5, 0.6) is 0 Å². The number of nitro benzene ring substituents is 1. The van der Waals surface area contributed by atoms with E-state index in [0.29, 0.717) is 11.1 Å². The van der Waals surface area contributed by atoms with E-state index in [-0.39, 0.29) is 17.2 Å². The molecule has 2 rings (SSSR count). The minimum absolute atomic E-state index is 0.0156. The van der Waals surface area contributed by atoms with Gasteiger partial charge in [-0.3, -0.25) is 14.9 Å². The van der Waals surface area contributed by atoms with Crippen LogP contribution in [-0.4, -0.2) is 10.7 Å². The molecule has 2 aromatic rings. The van der Waals surface area contributed by atoms with E-state index in [0.717, 1.165) is 0 Å². The zero-order valence-electron chi connectivity index (χ0n) is 9.04. The maximum atomic E-state index is 11.3. The van der Waals surface area contributed by atoms with Gasteiger partial charge < -0.3 is 4.42 Å². The quantitative estimate of drug-likeness (QED) is 0.462. The summed E-state index contributed by atoms with van der Waals surface area (Å²) in [4.78, 5) is 21.5. The van der Waals surface area contributed by atoms with Gasteiger partial charge in [0.05, 0.1) is 11.2 Å². The second-order valence-corrected chi connectivity index (χ2v) is 3.53. The standard InChI is InChI=1S/C12H9NO4/c1-8(14)12-11(5-6-17-12)9-3-2-4-10(7-9)13(15)16/h2-7H,1H3. The van der Waals surface area contributed by atoms with Gasteiger partial charge in [-0.25, -0.2) is 0 Å². The van der Waals surface area contributed by atoms with E-state index in [1.165, 1.54) is 25.3 Å². The Labute approximate surface area is 96.8 Å². The Hall–Kier alpha value is -2.43. The van der Waals surface area contributed by atoms with Crippen molar-refractivity contribution >= 4 is 11.5 Å². The lowest BCUT2D eigenvalue weighted by Gasteiger charge is -1.99. The molecule has 0 N–H and O–H groups in total. The lowest BCUT2D eigenvalue weighted by molar-refractivity contribution is -0.384. The molecule has 1 aromatic carbocycles. The molecular weight excluding hydrogens is 222 g/mol. The molecule has 5 heteroatoms. The van der Waals surface area contributed by atoms with E-state index in [9.17, 15) is 14.9 Å². The lowest BCUT2D eigenvalue weighted by Crippen LogP contribution is -1.93. The number of benzene rings is 1. The van der Waals surface area contributed by atoms with Gasteiger partial charge in [-0.2, -0.15) is 0 Å². The van der Waals surface area contributed by atoms with Crippen LogP contribution in [0.2, 0.25) is 0 Å². The van der Waals surface area contributed by atoms with Crippen molar-refractivity contribution in [2.45, 2.75) is 6.92 Å². The highest BCUT2D eigenvalue weighted by molar-refractivity contribution is 5.98. The van der Waals surface area contributed by atoms with Crippen LogP contribution in [0.25, 0.3) is 11.1 Å². The summed E-state index contributed by atoms with van der Waals surface area (Å²) in [5.74, 6) is 0.00186. The molecule has 0 spiro atoms. The van der Waals surface area contributed by atoms with Gasteiger partial charge in [-0.05, 0) is 11.6 Å². The van der Waals surface area contributed by atoms with Gasteiger partial charge >= 0.3 is 0 Å². The average molecular weight is 231 g/mol. The van der Waals surface area contributed by atoms with Crippen molar-refractivity contribution in [1.29, 1.82) is 0 Å². The van der Waals surface area contributed by atoms with Crippen molar-refractivity contribution in [3.05, 3.63) is 52.5 Å². The van der Waals surface area contributed by atoms with Crippen LogP contribution in [0, 0.1) is 10.1 Å². The van der Waals surface area contributed by atoms with Gasteiger partial charge in [-0.1, -0.05) is 12.1 Å². The Balaban J connectivity index is 2.53. The van der Waals surface area contributed by atoms with Gasteiger partial charge in [0.15, 0.2) is 11.5 Å². The van der Waals surface area contributed by atoms with Crippen molar-refractivity contribution in [3.63, 3.8) is 0 Å². The first-order valence-corrected chi connectivity index (χ1v) is 4.93. The van der Waals surface area contributed by atoms with E-state index in [2.05, 4.69) is 0 Å². The molecular formula is C12H9NO4. The number of carbonyl (C=O) groups excluding carboxylic acids is 1. The molecule has 0 unspecified atom stereocenters. The van der Waals surface area contributed by atoms with E-state index in [1.54, 1.807) is 18.2 Å². The Bertz CT molecular complexity index is 586. The molecule has 0 amide bonds. The van der Waals surface area contributed by atoms with E-state index >= 15 is 0 Å². The Kier molecular flexibility index (Phi) is 2.74. The number of furan rings is 1. The third-order valence-electron chi connectivity index (χ3n) is 2.35. The molecule has 1 aromatic heterocycles. The SMILES string of the molecule is CC(=O)c1occc1-c1cccc([N+](=O)[O-])c1. The highest BCUT2D eigenvalue weighted by Crippen LogP contribution is 2.28. The van der Waals surface area contributed by atoms with Crippen LogP contribution < -0.4 is 0 Å². The maximum Gasteiger partial charge on any atom is 0.270 e. The smallest absolute Gasteiger partial charge is 0.270 e. The molecule has 17 heavy (non-hydrogen) atoms. The molecule has 86 valence electrons. The van der Waals surface area contributed by atoms with Gasteiger partial charge in [0.2, 0.25) is 0 Å². The number of ketones is 1. The first kappa shape index (κ1) is 11.1. The topological polar surface area (TPSA) is 73.3 Å². The summed E-state index contributed by atoms with van der Waals surface area (Å²) < 4.78 is 5.06. The second kappa shape index (κ2) is 4.21. The van der Waals surface area contributed by atoms with Crippen molar-refractivity contribution in [1.82, 2.24) is 0 Å². The maximum absolute atomic E-state index is 11.3. The molecule has 0 bridgehead atoms. The molecule has 1 heterocycles. The molecule has 0 saturated carbocycles. The summed E-state index contributed by atoms with van der Waals surface area (Å²) >= 11 is 0. The van der Waals surface area contributed by atoms with Gasteiger partial charge in [0.1, 0.15) is 0 Å². The predicted octanol–water partition coefficient (Wildman–Crippen LogP) is 3.06. The highest BCUT2D eigenvalue weighted by Gasteiger charge is 2.15. The fourth-order valence-corrected chi connectivity index (χ4v) is 1.60. The summed E-state index contributed by atoms with van der Waals surface area (Å²) in [5.41, 5.74) is 1.15. The number of hydrogen-bond donors (Lipinski definition) is 0. The number of rotatable bonds is 3. The number of nitro groups is 1. The fourth-order valence-electron chi connectivity index (χ4n) is 1.60. The number of carbonyl (C=O) groups is 1. The van der Waals surface area contributed by atoms with Crippen LogP contribution in [-0.2, 0) is 0 Å². The summed E-state index contributed by atoms with van der Waals surface area (Å²) in [7, 11) is 0. The van der Waals surface area contributed by atoms with Crippen molar-refractivity contribution in [2.75, 3.05) is 0 Å². The molecule has 0 aliphatic heterocycles. The molecule has 0 aliphatic carbocycles. The molecule has 5 nitrogen and oxygen atoms in total. The average Bonchev–Trinajstić information content (AvgIpc) is 2.78. The van der Waals surface area contributed by atoms with Gasteiger partial charge in [0.25, 0.3) is 5.69 Å². The number of Topliss-reactive ketones (excluding diaryl/α,β-unsaturated/α-hetero) is 1.